The number of halogens is 3. The number of anilines is 1. The molecule has 0 fully saturated rings. The number of ether oxygens (including phenoxy) is 3. The number of sulfonamides is 1. The Balaban J connectivity index is 1.57. The minimum atomic E-state index is -4.62. The van der Waals surface area contributed by atoms with Gasteiger partial charge >= 0.3 is 11.9 Å². The molecule has 258 valence electrons. The number of nitrogens with zero attached hydrogens (tertiary/aromatic N) is 3. The van der Waals surface area contributed by atoms with Crippen LogP contribution < -0.4 is 4.72 Å². The average Bonchev–Trinajstić information content (AvgIpc) is 3.61. The molecule has 0 radical (unpaired) electrons. The van der Waals surface area contributed by atoms with Crippen LogP contribution in [0.1, 0.15) is 46.6 Å². The first-order valence-corrected chi connectivity index (χ1v) is 20.4. The van der Waals surface area contributed by atoms with Gasteiger partial charge in [-0.3, -0.25) is 9.52 Å². The van der Waals surface area contributed by atoms with E-state index in [0.29, 0.717) is 12.2 Å². The smallest absolute Gasteiger partial charge is 0.359 e. The second-order valence-electron chi connectivity index (χ2n) is 12.7. The van der Waals surface area contributed by atoms with Crippen molar-refractivity contribution in [3.05, 3.63) is 76.2 Å². The van der Waals surface area contributed by atoms with E-state index in [1.807, 2.05) is 6.07 Å². The van der Waals surface area contributed by atoms with Gasteiger partial charge in [0.1, 0.15) is 24.2 Å². The number of nitrogens with one attached hydrogen (secondary N) is 1. The van der Waals surface area contributed by atoms with Gasteiger partial charge in [-0.2, -0.15) is 10.4 Å². The molecule has 49 heavy (non-hydrogen) atoms. The maximum atomic E-state index is 16.3. The molecule has 0 spiro atoms. The van der Waals surface area contributed by atoms with E-state index in [0.717, 1.165) is 42.1 Å². The molecule has 3 aromatic carbocycles. The lowest BCUT2D eigenvalue weighted by molar-refractivity contribution is -0.146. The topological polar surface area (TPSA) is 150 Å². The lowest BCUT2D eigenvalue weighted by Crippen LogP contribution is -2.22. The molecule has 0 aliphatic heterocycles. The Morgan fingerprint density at radius 2 is 1.86 bits per heavy atom. The highest BCUT2D eigenvalue weighted by atomic mass is 32.2. The molecule has 1 unspecified atom stereocenters. The van der Waals surface area contributed by atoms with E-state index >= 15 is 13.2 Å². The van der Waals surface area contributed by atoms with Gasteiger partial charge < -0.3 is 14.2 Å². The molecular weight excluding hydrogens is 682 g/mol. The molecule has 11 nitrogen and oxygen atoms in total. The first-order valence-electron chi connectivity index (χ1n) is 15.2. The number of methoxy groups -OCH3 is 1. The zero-order valence-corrected chi connectivity index (χ0v) is 29.1. The molecule has 1 aliphatic carbocycles. The van der Waals surface area contributed by atoms with Crippen LogP contribution in [0.25, 0.3) is 22.0 Å². The molecule has 16 heteroatoms. The fourth-order valence-electron chi connectivity index (χ4n) is 5.65. The molecule has 0 bridgehead atoms. The van der Waals surface area contributed by atoms with Gasteiger partial charge in [0.15, 0.2) is 17.3 Å². The number of carbonyl (C=O) groups is 2. The largest absolute Gasteiger partial charge is 0.464 e. The highest BCUT2D eigenvalue weighted by Gasteiger charge is 2.33. The first-order chi connectivity index (χ1) is 23.1. The third-order valence-electron chi connectivity index (χ3n) is 8.02. The molecule has 5 rings (SSSR count). The van der Waals surface area contributed by atoms with Crippen LogP contribution in [0.4, 0.5) is 18.9 Å². The van der Waals surface area contributed by atoms with Gasteiger partial charge in [-0.15, -0.1) is 0 Å². The number of benzene rings is 3. The zero-order valence-electron chi connectivity index (χ0n) is 27.3. The summed E-state index contributed by atoms with van der Waals surface area (Å²) >= 11 is 0. The van der Waals surface area contributed by atoms with Crippen LogP contribution in [0, 0.1) is 28.8 Å². The number of carbonyl (C=O) groups excluding carboxylic acids is 2. The van der Waals surface area contributed by atoms with E-state index in [9.17, 15) is 23.3 Å². The summed E-state index contributed by atoms with van der Waals surface area (Å²) in [6.45, 7) is 7.71. The lowest BCUT2D eigenvalue weighted by Gasteiger charge is -2.17. The standard InChI is InChI=1S/C33H33F3N4O7SSi/c1-18(41)47-26-11-8-20-23(26)14-19(16-37)15-27(20)48(43,44)39-25-10-9-24(34)28(30(25)36)21-6-7-22-31(33(42)45-2)38-40(32(22)29(21)35)17-46-12-13-49(3,4)5/h6-7,9-10,14-15,26,39H,8,11-13,17H2,1-5H3. The van der Waals surface area contributed by atoms with Crippen LogP contribution in [0.5, 0.6) is 0 Å². The Hall–Kier alpha value is -4.72. The Morgan fingerprint density at radius 3 is 2.51 bits per heavy atom. The van der Waals surface area contributed by atoms with Crippen molar-refractivity contribution in [3.8, 4) is 17.2 Å². The van der Waals surface area contributed by atoms with Gasteiger partial charge in [-0.1, -0.05) is 25.7 Å². The van der Waals surface area contributed by atoms with Crippen LogP contribution in [0.15, 0.2) is 41.3 Å². The van der Waals surface area contributed by atoms with Crippen molar-refractivity contribution in [1.82, 2.24) is 9.78 Å². The number of esters is 2. The molecule has 4 aromatic rings. The third kappa shape index (κ3) is 7.19. The van der Waals surface area contributed by atoms with Gasteiger partial charge in [-0.05, 0) is 60.3 Å². The van der Waals surface area contributed by atoms with E-state index < -0.39 is 70.4 Å². The number of hydrogen-bond donors (Lipinski definition) is 1. The van der Waals surface area contributed by atoms with Crippen LogP contribution >= 0.6 is 0 Å². The maximum absolute atomic E-state index is 16.3. The van der Waals surface area contributed by atoms with E-state index in [4.69, 9.17) is 14.2 Å². The van der Waals surface area contributed by atoms with Crippen molar-refractivity contribution in [1.29, 1.82) is 5.26 Å². The fraction of sp³-hybridized carbons (Fsp3) is 0.333. The zero-order chi connectivity index (χ0) is 35.8. The van der Waals surface area contributed by atoms with E-state index in [1.54, 1.807) is 0 Å². The lowest BCUT2D eigenvalue weighted by atomic mass is 10.0. The summed E-state index contributed by atoms with van der Waals surface area (Å²) in [5.74, 6) is -5.20. The highest BCUT2D eigenvalue weighted by Crippen LogP contribution is 2.40. The number of nitriles is 1. The molecule has 1 heterocycles. The summed E-state index contributed by atoms with van der Waals surface area (Å²) in [6.07, 6.45) is -0.331. The van der Waals surface area contributed by atoms with Crippen LogP contribution in [-0.4, -0.2) is 51.9 Å². The Morgan fingerprint density at radius 1 is 1.12 bits per heavy atom. The number of rotatable bonds is 11. The van der Waals surface area contributed by atoms with Crippen LogP contribution in [0.3, 0.4) is 0 Å². The molecule has 1 atom stereocenters. The summed E-state index contributed by atoms with van der Waals surface area (Å²) in [5, 5.41) is 13.7. The predicted octanol–water partition coefficient (Wildman–Crippen LogP) is 6.44. The minimum Gasteiger partial charge on any atom is -0.464 e. The first kappa shape index (κ1) is 35.6. The van der Waals surface area contributed by atoms with Gasteiger partial charge in [0.2, 0.25) is 0 Å². The van der Waals surface area contributed by atoms with Crippen LogP contribution in [0.2, 0.25) is 25.7 Å². The summed E-state index contributed by atoms with van der Waals surface area (Å²) < 4.78 is 94.2. The van der Waals surface area contributed by atoms with Gasteiger partial charge in [-0.25, -0.2) is 31.1 Å². The van der Waals surface area contributed by atoms with Gasteiger partial charge in [0, 0.05) is 32.6 Å². The van der Waals surface area contributed by atoms with Crippen molar-refractivity contribution in [3.63, 3.8) is 0 Å². The van der Waals surface area contributed by atoms with Crippen LogP contribution in [-0.2, 0) is 42.2 Å². The van der Waals surface area contributed by atoms with Crippen molar-refractivity contribution < 1.29 is 45.4 Å². The molecule has 1 aliphatic rings. The number of hydrogen-bond acceptors (Lipinski definition) is 9. The molecular formula is C33H33F3N4O7SSi. The SMILES string of the molecule is COC(=O)c1nn(COCC[Si](C)(C)C)c2c(F)c(-c3c(F)ccc(NS(=O)(=O)c4cc(C#N)cc5c4CCC5OC(C)=O)c3F)ccc12. The van der Waals surface area contributed by atoms with E-state index in [-0.39, 0.29) is 52.2 Å². The Labute approximate surface area is 281 Å². The molecule has 0 saturated carbocycles. The maximum Gasteiger partial charge on any atom is 0.359 e. The van der Waals surface area contributed by atoms with Gasteiger partial charge in [0.25, 0.3) is 10.0 Å². The monoisotopic (exact) mass is 714 g/mol. The quantitative estimate of drug-likeness (QED) is 0.105. The molecule has 0 saturated heterocycles. The van der Waals surface area contributed by atoms with E-state index in [2.05, 4.69) is 29.5 Å². The Bertz CT molecular complexity index is 2140. The predicted molar refractivity (Wildman–Crippen MR) is 175 cm³/mol. The van der Waals surface area contributed by atoms with Crippen molar-refractivity contribution in [2.45, 2.75) is 63.2 Å². The average molecular weight is 715 g/mol. The van der Waals surface area contributed by atoms with Crippen molar-refractivity contribution in [2.75, 3.05) is 18.4 Å². The molecule has 1 aromatic heterocycles. The normalized spacial score (nSPS) is 14.4. The van der Waals surface area contributed by atoms with Gasteiger partial charge in [0.05, 0.1) is 34.9 Å². The third-order valence-corrected chi connectivity index (χ3v) is 11.2. The minimum absolute atomic E-state index is 0.0119. The Kier molecular flexibility index (Phi) is 9.91. The van der Waals surface area contributed by atoms with Crippen molar-refractivity contribution >= 4 is 46.6 Å². The number of fused-ring (bicyclic) bond motifs is 2. The summed E-state index contributed by atoms with van der Waals surface area (Å²) in [4.78, 5) is 23.7. The molecule has 1 N–H and O–H groups in total. The second-order valence-corrected chi connectivity index (χ2v) is 20.0. The van der Waals surface area contributed by atoms with Crippen molar-refractivity contribution in [2.24, 2.45) is 0 Å². The molecule has 0 amide bonds. The number of aromatic nitrogens is 2. The summed E-state index contributed by atoms with van der Waals surface area (Å²) in [7, 11) is -4.97. The summed E-state index contributed by atoms with van der Waals surface area (Å²) in [6, 6.07) is 9.15. The second kappa shape index (κ2) is 13.7. The highest BCUT2D eigenvalue weighted by molar-refractivity contribution is 7.92. The summed E-state index contributed by atoms with van der Waals surface area (Å²) in [5.41, 5.74) is -2.08. The fourth-order valence-corrected chi connectivity index (χ4v) is 7.79. The van der Waals surface area contributed by atoms with E-state index in [1.165, 1.54) is 19.1 Å².